The molecule has 6 aromatic carbocycles. The van der Waals surface area contributed by atoms with E-state index < -0.39 is 0 Å². The van der Waals surface area contributed by atoms with Crippen molar-refractivity contribution in [3.63, 3.8) is 0 Å². The quantitative estimate of drug-likeness (QED) is 0.226. The van der Waals surface area contributed by atoms with Crippen molar-refractivity contribution >= 4 is 43.7 Å². The Labute approximate surface area is 241 Å². The van der Waals surface area contributed by atoms with Crippen molar-refractivity contribution < 1.29 is 4.42 Å². The summed E-state index contributed by atoms with van der Waals surface area (Å²) in [6.45, 7) is 0. The molecule has 8 aromatic rings. The molecule has 0 aliphatic heterocycles. The van der Waals surface area contributed by atoms with Crippen molar-refractivity contribution in [2.24, 2.45) is 0 Å². The summed E-state index contributed by atoms with van der Waals surface area (Å²) in [6.07, 6.45) is 0. The fourth-order valence-electron chi connectivity index (χ4n) is 6.12. The molecule has 2 heterocycles. The van der Waals surface area contributed by atoms with Gasteiger partial charge in [-0.05, 0) is 89.0 Å². The summed E-state index contributed by atoms with van der Waals surface area (Å²) in [4.78, 5) is 0. The van der Waals surface area contributed by atoms with Crippen LogP contribution in [0, 0.1) is 22.7 Å². The van der Waals surface area contributed by atoms with E-state index in [1.165, 1.54) is 0 Å². The molecule has 0 radical (unpaired) electrons. The number of hydrogen-bond donors (Lipinski definition) is 0. The lowest BCUT2D eigenvalue weighted by Crippen LogP contribution is -1.96. The lowest BCUT2D eigenvalue weighted by atomic mass is 9.94. The molecule has 0 saturated heterocycles. The zero-order valence-electron chi connectivity index (χ0n) is 22.4. The monoisotopic (exact) mass is 535 g/mol. The zero-order valence-corrected chi connectivity index (χ0v) is 22.4. The van der Waals surface area contributed by atoms with Gasteiger partial charge in [0.2, 0.25) is 0 Å². The Hall–Kier alpha value is -6.10. The van der Waals surface area contributed by atoms with E-state index in [1.54, 1.807) is 0 Å². The van der Waals surface area contributed by atoms with Crippen molar-refractivity contribution in [2.75, 3.05) is 0 Å². The number of hydrogen-bond acceptors (Lipinski definition) is 3. The number of nitrogens with zero attached hydrogens (tertiary/aromatic N) is 3. The standard InChI is InChI=1S/C38H21N3O/c39-22-24-13-15-36-33(17-24)31-9-3-5-11-35(31)41(36)29-19-27(18-28(20-29)30-8-2-1-7-26(30)23-40)25-14-16-38-34(21-25)32-10-4-6-12-37(32)42-38/h1-21H. The Morgan fingerprint density at radius 2 is 1.24 bits per heavy atom. The fraction of sp³-hybridized carbons (Fsp3) is 0. The van der Waals surface area contributed by atoms with Crippen LogP contribution >= 0.6 is 0 Å². The van der Waals surface area contributed by atoms with Gasteiger partial charge in [-0.2, -0.15) is 10.5 Å². The summed E-state index contributed by atoms with van der Waals surface area (Å²) in [5.74, 6) is 0. The first kappa shape index (κ1) is 23.8. The van der Waals surface area contributed by atoms with E-state index in [2.05, 4.69) is 65.2 Å². The Morgan fingerprint density at radius 3 is 2.12 bits per heavy atom. The van der Waals surface area contributed by atoms with Crippen molar-refractivity contribution in [3.8, 4) is 40.1 Å². The summed E-state index contributed by atoms with van der Waals surface area (Å²) >= 11 is 0. The van der Waals surface area contributed by atoms with Crippen molar-refractivity contribution in [2.45, 2.75) is 0 Å². The van der Waals surface area contributed by atoms with Crippen LogP contribution in [0.5, 0.6) is 0 Å². The number of rotatable bonds is 3. The minimum absolute atomic E-state index is 0.623. The normalized spacial score (nSPS) is 11.3. The highest BCUT2D eigenvalue weighted by molar-refractivity contribution is 6.10. The molecule has 42 heavy (non-hydrogen) atoms. The molecule has 2 aromatic heterocycles. The maximum atomic E-state index is 9.95. The van der Waals surface area contributed by atoms with Crippen LogP contribution in [0.25, 0.3) is 71.7 Å². The van der Waals surface area contributed by atoms with Crippen molar-refractivity contribution in [1.82, 2.24) is 4.57 Å². The minimum atomic E-state index is 0.623. The third kappa shape index (κ3) is 3.60. The number of nitriles is 2. The molecular formula is C38H21N3O. The molecule has 0 fully saturated rings. The van der Waals surface area contributed by atoms with E-state index in [0.29, 0.717) is 11.1 Å². The molecule has 0 spiro atoms. The van der Waals surface area contributed by atoms with Gasteiger partial charge < -0.3 is 8.98 Å². The van der Waals surface area contributed by atoms with Gasteiger partial charge in [0.25, 0.3) is 0 Å². The first-order valence-electron chi connectivity index (χ1n) is 13.7. The second kappa shape index (κ2) is 9.24. The summed E-state index contributed by atoms with van der Waals surface area (Å²) in [7, 11) is 0. The zero-order chi connectivity index (χ0) is 28.2. The highest BCUT2D eigenvalue weighted by Crippen LogP contribution is 2.38. The van der Waals surface area contributed by atoms with Crippen LogP contribution in [-0.2, 0) is 0 Å². The lowest BCUT2D eigenvalue weighted by Gasteiger charge is -2.15. The van der Waals surface area contributed by atoms with E-state index in [1.807, 2.05) is 78.9 Å². The number of para-hydroxylation sites is 2. The van der Waals surface area contributed by atoms with Crippen LogP contribution in [0.3, 0.4) is 0 Å². The summed E-state index contributed by atoms with van der Waals surface area (Å²) in [6, 6.07) is 47.4. The van der Waals surface area contributed by atoms with E-state index in [4.69, 9.17) is 4.42 Å². The van der Waals surface area contributed by atoms with Crippen LogP contribution in [0.15, 0.2) is 132 Å². The molecule has 0 saturated carbocycles. The van der Waals surface area contributed by atoms with Gasteiger partial charge in [0.1, 0.15) is 11.2 Å². The smallest absolute Gasteiger partial charge is 0.135 e. The van der Waals surface area contributed by atoms with Gasteiger partial charge in [-0.15, -0.1) is 0 Å². The Kier molecular flexibility index (Phi) is 5.22. The van der Waals surface area contributed by atoms with Gasteiger partial charge >= 0.3 is 0 Å². The number of aromatic nitrogens is 1. The molecule has 0 aliphatic rings. The highest BCUT2D eigenvalue weighted by Gasteiger charge is 2.16. The summed E-state index contributed by atoms with van der Waals surface area (Å²) < 4.78 is 8.35. The first-order valence-corrected chi connectivity index (χ1v) is 13.7. The average molecular weight is 536 g/mol. The number of benzene rings is 6. The number of fused-ring (bicyclic) bond motifs is 6. The maximum absolute atomic E-state index is 9.95. The van der Waals surface area contributed by atoms with Crippen LogP contribution in [-0.4, -0.2) is 4.57 Å². The second-order valence-corrected chi connectivity index (χ2v) is 10.4. The molecular weight excluding hydrogens is 514 g/mol. The molecule has 8 rings (SSSR count). The minimum Gasteiger partial charge on any atom is -0.456 e. The van der Waals surface area contributed by atoms with E-state index in [9.17, 15) is 10.5 Å². The third-order valence-corrected chi connectivity index (χ3v) is 8.05. The van der Waals surface area contributed by atoms with E-state index >= 15 is 0 Å². The van der Waals surface area contributed by atoms with Gasteiger partial charge in [0.15, 0.2) is 0 Å². The van der Waals surface area contributed by atoms with E-state index in [-0.39, 0.29) is 0 Å². The van der Waals surface area contributed by atoms with Gasteiger partial charge in [-0.1, -0.05) is 60.7 Å². The molecule has 4 heteroatoms. The molecule has 0 N–H and O–H groups in total. The predicted octanol–water partition coefficient (Wildman–Crippen LogP) is 9.76. The van der Waals surface area contributed by atoms with Crippen LogP contribution in [0.1, 0.15) is 11.1 Å². The fourth-order valence-corrected chi connectivity index (χ4v) is 6.12. The Bertz CT molecular complexity index is 2450. The van der Waals surface area contributed by atoms with Crippen LogP contribution < -0.4 is 0 Å². The molecule has 0 aliphatic carbocycles. The predicted molar refractivity (Wildman–Crippen MR) is 168 cm³/mol. The van der Waals surface area contributed by atoms with Crippen molar-refractivity contribution in [1.29, 1.82) is 10.5 Å². The SMILES string of the molecule is N#Cc1ccc2c(c1)c1ccccc1n2-c1cc(-c2ccc3oc4ccccc4c3c2)cc(-c2ccccc2C#N)c1. The third-order valence-electron chi connectivity index (χ3n) is 8.05. The van der Waals surface area contributed by atoms with Gasteiger partial charge in [-0.25, -0.2) is 0 Å². The molecule has 0 amide bonds. The van der Waals surface area contributed by atoms with Crippen molar-refractivity contribution in [3.05, 3.63) is 139 Å². The average Bonchev–Trinajstić information content (AvgIpc) is 3.59. The van der Waals surface area contributed by atoms with E-state index in [0.717, 1.165) is 71.7 Å². The maximum Gasteiger partial charge on any atom is 0.135 e. The molecule has 194 valence electrons. The second-order valence-electron chi connectivity index (χ2n) is 10.4. The lowest BCUT2D eigenvalue weighted by molar-refractivity contribution is 0.669. The Balaban J connectivity index is 1.44. The van der Waals surface area contributed by atoms with Gasteiger partial charge in [-0.3, -0.25) is 0 Å². The molecule has 0 bridgehead atoms. The molecule has 0 unspecified atom stereocenters. The Morgan fingerprint density at radius 1 is 0.500 bits per heavy atom. The van der Waals surface area contributed by atoms with Gasteiger partial charge in [0.05, 0.1) is 34.3 Å². The van der Waals surface area contributed by atoms with Crippen LogP contribution in [0.4, 0.5) is 0 Å². The first-order chi connectivity index (χ1) is 20.7. The molecule has 0 atom stereocenters. The largest absolute Gasteiger partial charge is 0.456 e. The summed E-state index contributed by atoms with van der Waals surface area (Å²) in [5.41, 5.74) is 9.93. The molecule has 4 nitrogen and oxygen atoms in total. The van der Waals surface area contributed by atoms with Crippen LogP contribution in [0.2, 0.25) is 0 Å². The highest BCUT2D eigenvalue weighted by atomic mass is 16.3. The number of furan rings is 1. The topological polar surface area (TPSA) is 65.7 Å². The van der Waals surface area contributed by atoms with Gasteiger partial charge in [0, 0.05) is 27.2 Å². The summed E-state index contributed by atoms with van der Waals surface area (Å²) in [5, 5.41) is 23.8.